The van der Waals surface area contributed by atoms with E-state index in [1.54, 1.807) is 35.9 Å². The van der Waals surface area contributed by atoms with Gasteiger partial charge in [0.25, 0.3) is 0 Å². The van der Waals surface area contributed by atoms with Crippen LogP contribution >= 0.6 is 12.2 Å². The van der Waals surface area contributed by atoms with E-state index < -0.39 is 0 Å². The normalized spacial score (nSPS) is 10.6. The summed E-state index contributed by atoms with van der Waals surface area (Å²) in [6, 6.07) is 22.4. The van der Waals surface area contributed by atoms with E-state index in [1.807, 2.05) is 55.5 Å². The van der Waals surface area contributed by atoms with Gasteiger partial charge in [-0.05, 0) is 55.5 Å². The number of carbonyl (C=O) groups excluding carboxylic acids is 1. The highest BCUT2D eigenvalue weighted by Crippen LogP contribution is 2.31. The number of benzene rings is 3. The highest BCUT2D eigenvalue weighted by Gasteiger charge is 2.13. The number of carbonyl (C=O) groups is 1. The lowest BCUT2D eigenvalue weighted by atomic mass is 10.1. The molecule has 32 heavy (non-hydrogen) atoms. The average Bonchev–Trinajstić information content (AvgIpc) is 3.16. The number of aromatic amines is 1. The summed E-state index contributed by atoms with van der Waals surface area (Å²) >= 11 is 5.32. The molecule has 0 saturated heterocycles. The number of H-pyrrole nitrogens is 1. The second-order valence-electron chi connectivity index (χ2n) is 7.13. The van der Waals surface area contributed by atoms with Gasteiger partial charge in [0.2, 0.25) is 5.91 Å². The SMILES string of the molecule is COc1ccccc1Oc1ccc(NC(=O)Cn2c(-c3ccc(C)cc3)n[nH]c2=S)cc1. The second-order valence-corrected chi connectivity index (χ2v) is 7.52. The first-order chi connectivity index (χ1) is 15.5. The maximum Gasteiger partial charge on any atom is 0.244 e. The number of ether oxygens (including phenoxy) is 2. The van der Waals surface area contributed by atoms with Gasteiger partial charge in [0.15, 0.2) is 22.1 Å². The first-order valence-electron chi connectivity index (χ1n) is 9.96. The summed E-state index contributed by atoms with van der Waals surface area (Å²) in [7, 11) is 1.59. The summed E-state index contributed by atoms with van der Waals surface area (Å²) in [5.41, 5.74) is 2.67. The molecule has 2 N–H and O–H groups in total. The molecule has 3 aromatic carbocycles. The van der Waals surface area contributed by atoms with Crippen LogP contribution in [0.3, 0.4) is 0 Å². The van der Waals surface area contributed by atoms with Crippen LogP contribution < -0.4 is 14.8 Å². The molecule has 7 nitrogen and oxygen atoms in total. The third-order valence-electron chi connectivity index (χ3n) is 4.80. The van der Waals surface area contributed by atoms with Crippen molar-refractivity contribution in [1.29, 1.82) is 0 Å². The summed E-state index contributed by atoms with van der Waals surface area (Å²) in [5.74, 6) is 2.29. The van der Waals surface area contributed by atoms with Crippen molar-refractivity contribution in [3.05, 3.63) is 83.1 Å². The van der Waals surface area contributed by atoms with Crippen LogP contribution in [0.25, 0.3) is 11.4 Å². The molecule has 0 aliphatic heterocycles. The van der Waals surface area contributed by atoms with E-state index in [4.69, 9.17) is 21.7 Å². The lowest BCUT2D eigenvalue weighted by Gasteiger charge is -2.11. The zero-order valence-corrected chi connectivity index (χ0v) is 18.5. The molecule has 4 aromatic rings. The Hall–Kier alpha value is -3.91. The van der Waals surface area contributed by atoms with Crippen LogP contribution in [0.5, 0.6) is 17.2 Å². The van der Waals surface area contributed by atoms with Gasteiger partial charge in [0, 0.05) is 11.3 Å². The monoisotopic (exact) mass is 446 g/mol. The Labute approximate surface area is 190 Å². The summed E-state index contributed by atoms with van der Waals surface area (Å²) in [4.78, 5) is 12.7. The molecular formula is C24H22N4O3S. The molecule has 0 bridgehead atoms. The second kappa shape index (κ2) is 9.49. The predicted molar refractivity (Wildman–Crippen MR) is 126 cm³/mol. The van der Waals surface area contributed by atoms with Gasteiger partial charge >= 0.3 is 0 Å². The van der Waals surface area contributed by atoms with Gasteiger partial charge < -0.3 is 14.8 Å². The van der Waals surface area contributed by atoms with Gasteiger partial charge in [-0.25, -0.2) is 0 Å². The summed E-state index contributed by atoms with van der Waals surface area (Å²) < 4.78 is 13.2. The Kier molecular flexibility index (Phi) is 6.32. The number of hydrogen-bond donors (Lipinski definition) is 2. The fourth-order valence-electron chi connectivity index (χ4n) is 3.17. The summed E-state index contributed by atoms with van der Waals surface area (Å²) in [6.07, 6.45) is 0. The quantitative estimate of drug-likeness (QED) is 0.374. The molecule has 0 spiro atoms. The molecule has 1 aromatic heterocycles. The molecule has 1 amide bonds. The highest BCUT2D eigenvalue weighted by atomic mass is 32.1. The van der Waals surface area contributed by atoms with E-state index in [9.17, 15) is 4.79 Å². The fraction of sp³-hybridized carbons (Fsp3) is 0.125. The van der Waals surface area contributed by atoms with Crippen molar-refractivity contribution in [3.8, 4) is 28.6 Å². The van der Waals surface area contributed by atoms with Gasteiger partial charge in [-0.3, -0.25) is 14.5 Å². The molecule has 0 radical (unpaired) electrons. The van der Waals surface area contributed by atoms with Crippen molar-refractivity contribution in [2.45, 2.75) is 13.5 Å². The molecule has 0 aliphatic carbocycles. The highest BCUT2D eigenvalue weighted by molar-refractivity contribution is 7.71. The number of methoxy groups -OCH3 is 1. The van der Waals surface area contributed by atoms with E-state index in [1.165, 1.54) is 0 Å². The number of aromatic nitrogens is 3. The average molecular weight is 447 g/mol. The van der Waals surface area contributed by atoms with Crippen LogP contribution in [-0.4, -0.2) is 27.8 Å². The number of aryl methyl sites for hydroxylation is 1. The maximum absolute atomic E-state index is 12.7. The Bertz CT molecular complexity index is 1280. The lowest BCUT2D eigenvalue weighted by molar-refractivity contribution is -0.116. The molecule has 4 rings (SSSR count). The van der Waals surface area contributed by atoms with Crippen LogP contribution in [0.4, 0.5) is 5.69 Å². The van der Waals surface area contributed by atoms with Crippen molar-refractivity contribution < 1.29 is 14.3 Å². The number of nitrogens with one attached hydrogen (secondary N) is 2. The Balaban J connectivity index is 1.43. The zero-order chi connectivity index (χ0) is 22.5. The smallest absolute Gasteiger partial charge is 0.244 e. The number of amides is 1. The van der Waals surface area contributed by atoms with Gasteiger partial charge in [-0.2, -0.15) is 5.10 Å². The predicted octanol–water partition coefficient (Wildman–Crippen LogP) is 5.36. The summed E-state index contributed by atoms with van der Waals surface area (Å²) in [5, 5.41) is 9.93. The number of hydrogen-bond acceptors (Lipinski definition) is 5. The van der Waals surface area contributed by atoms with Crippen molar-refractivity contribution >= 4 is 23.8 Å². The Morgan fingerprint density at radius 1 is 1.03 bits per heavy atom. The molecule has 162 valence electrons. The Morgan fingerprint density at radius 2 is 1.72 bits per heavy atom. The molecule has 1 heterocycles. The van der Waals surface area contributed by atoms with E-state index in [-0.39, 0.29) is 12.5 Å². The first kappa shape index (κ1) is 21.3. The van der Waals surface area contributed by atoms with Crippen LogP contribution in [0.2, 0.25) is 0 Å². The number of nitrogens with zero attached hydrogens (tertiary/aromatic N) is 2. The van der Waals surface area contributed by atoms with Crippen molar-refractivity contribution in [2.75, 3.05) is 12.4 Å². The minimum absolute atomic E-state index is 0.0397. The molecule has 0 aliphatic rings. The first-order valence-corrected chi connectivity index (χ1v) is 10.4. The zero-order valence-electron chi connectivity index (χ0n) is 17.7. The third-order valence-corrected chi connectivity index (χ3v) is 5.12. The van der Waals surface area contributed by atoms with E-state index in [2.05, 4.69) is 15.5 Å². The molecule has 0 unspecified atom stereocenters. The van der Waals surface area contributed by atoms with E-state index in [0.717, 1.165) is 11.1 Å². The van der Waals surface area contributed by atoms with Gasteiger partial charge in [-0.15, -0.1) is 0 Å². The lowest BCUT2D eigenvalue weighted by Crippen LogP contribution is -2.19. The maximum atomic E-state index is 12.7. The molecular weight excluding hydrogens is 424 g/mol. The van der Waals surface area contributed by atoms with Crippen LogP contribution in [-0.2, 0) is 11.3 Å². The fourth-order valence-corrected chi connectivity index (χ4v) is 3.36. The third kappa shape index (κ3) is 4.87. The van der Waals surface area contributed by atoms with Crippen LogP contribution in [0.1, 0.15) is 5.56 Å². The van der Waals surface area contributed by atoms with E-state index >= 15 is 0 Å². The standard InChI is InChI=1S/C24H22N4O3S/c1-16-7-9-17(10-8-16)23-26-27-24(32)28(23)15-22(29)25-18-11-13-19(14-12-18)31-21-6-4-3-5-20(21)30-2/h3-14H,15H2,1-2H3,(H,25,29)(H,27,32). The van der Waals surface area contributed by atoms with Crippen molar-refractivity contribution in [3.63, 3.8) is 0 Å². The van der Waals surface area contributed by atoms with Gasteiger partial charge in [0.1, 0.15) is 12.3 Å². The van der Waals surface area contributed by atoms with Crippen molar-refractivity contribution in [2.24, 2.45) is 0 Å². The van der Waals surface area contributed by atoms with Crippen LogP contribution in [0.15, 0.2) is 72.8 Å². The summed E-state index contributed by atoms with van der Waals surface area (Å²) in [6.45, 7) is 2.05. The minimum Gasteiger partial charge on any atom is -0.493 e. The van der Waals surface area contributed by atoms with E-state index in [0.29, 0.717) is 33.5 Å². The molecule has 0 fully saturated rings. The number of para-hydroxylation sites is 2. The molecule has 0 atom stereocenters. The van der Waals surface area contributed by atoms with Gasteiger partial charge in [-0.1, -0.05) is 42.0 Å². The topological polar surface area (TPSA) is 81.2 Å². The minimum atomic E-state index is -0.214. The Morgan fingerprint density at radius 3 is 2.41 bits per heavy atom. The van der Waals surface area contributed by atoms with Crippen molar-refractivity contribution in [1.82, 2.24) is 14.8 Å². The van der Waals surface area contributed by atoms with Gasteiger partial charge in [0.05, 0.1) is 7.11 Å². The number of anilines is 1. The molecule has 8 heteroatoms. The largest absolute Gasteiger partial charge is 0.493 e. The molecule has 0 saturated carbocycles. The van der Waals surface area contributed by atoms with Crippen LogP contribution in [0, 0.1) is 11.7 Å². The number of rotatable bonds is 7.